The van der Waals surface area contributed by atoms with Gasteiger partial charge in [-0.05, 0) is 68.1 Å². The second-order valence-electron chi connectivity index (χ2n) is 6.54. The summed E-state index contributed by atoms with van der Waals surface area (Å²) in [6.45, 7) is 8.42. The number of benzene rings is 2. The minimum Gasteiger partial charge on any atom is -0.481 e. The van der Waals surface area contributed by atoms with E-state index < -0.39 is 6.10 Å². The van der Waals surface area contributed by atoms with Crippen LogP contribution in [0.1, 0.15) is 29.2 Å². The molecule has 0 aliphatic heterocycles. The highest BCUT2D eigenvalue weighted by Gasteiger charge is 2.16. The molecule has 0 spiro atoms. The molecule has 27 heavy (non-hydrogen) atoms. The second kappa shape index (κ2) is 10.3. The predicted molar refractivity (Wildman–Crippen MR) is 116 cm³/mol. The fourth-order valence-electron chi connectivity index (χ4n) is 2.58. The van der Waals surface area contributed by atoms with Crippen molar-refractivity contribution >= 4 is 40.9 Å². The Balaban J connectivity index is 1.75. The molecule has 3 nitrogen and oxygen atoms in total. The zero-order valence-electron chi connectivity index (χ0n) is 16.1. The SMILES string of the molecule is Cc1cc(C)c(C)c(O[C@H](C)C(=O)NCCSCc2ccc(Cl)cc2Cl)c1. The maximum atomic E-state index is 12.3. The van der Waals surface area contributed by atoms with Crippen LogP contribution in [0, 0.1) is 20.8 Å². The minimum atomic E-state index is -0.541. The molecule has 2 rings (SSSR count). The van der Waals surface area contributed by atoms with Crippen LogP contribution in [-0.4, -0.2) is 24.3 Å². The molecule has 0 aromatic heterocycles. The van der Waals surface area contributed by atoms with Crippen LogP contribution in [0.25, 0.3) is 0 Å². The van der Waals surface area contributed by atoms with E-state index in [-0.39, 0.29) is 5.91 Å². The van der Waals surface area contributed by atoms with Crippen molar-refractivity contribution in [2.75, 3.05) is 12.3 Å². The van der Waals surface area contributed by atoms with Crippen LogP contribution < -0.4 is 10.1 Å². The first-order valence-corrected chi connectivity index (χ1v) is 10.7. The van der Waals surface area contributed by atoms with Crippen molar-refractivity contribution in [3.8, 4) is 5.75 Å². The molecule has 0 fully saturated rings. The van der Waals surface area contributed by atoms with Crippen LogP contribution in [0.3, 0.4) is 0 Å². The third-order valence-corrected chi connectivity index (χ3v) is 5.85. The maximum absolute atomic E-state index is 12.3. The third kappa shape index (κ3) is 6.63. The fraction of sp³-hybridized carbons (Fsp3) is 0.381. The third-order valence-electron chi connectivity index (χ3n) is 4.26. The molecule has 0 unspecified atom stereocenters. The number of carbonyl (C=O) groups excluding carboxylic acids is 1. The van der Waals surface area contributed by atoms with Gasteiger partial charge in [-0.1, -0.05) is 35.3 Å². The second-order valence-corrected chi connectivity index (χ2v) is 8.49. The van der Waals surface area contributed by atoms with Gasteiger partial charge in [0.2, 0.25) is 0 Å². The Kier molecular flexibility index (Phi) is 8.33. The molecule has 2 aromatic rings. The van der Waals surface area contributed by atoms with Crippen LogP contribution in [0.15, 0.2) is 30.3 Å². The smallest absolute Gasteiger partial charge is 0.260 e. The lowest BCUT2D eigenvalue weighted by Gasteiger charge is -2.18. The average Bonchev–Trinajstić information content (AvgIpc) is 2.60. The van der Waals surface area contributed by atoms with Gasteiger partial charge in [-0.15, -0.1) is 0 Å². The summed E-state index contributed by atoms with van der Waals surface area (Å²) in [7, 11) is 0. The van der Waals surface area contributed by atoms with E-state index in [2.05, 4.69) is 11.4 Å². The fourth-order valence-corrected chi connectivity index (χ4v) is 4.00. The van der Waals surface area contributed by atoms with E-state index in [0.717, 1.165) is 39.5 Å². The zero-order chi connectivity index (χ0) is 20.0. The molecule has 0 aliphatic carbocycles. The molecule has 2 aromatic carbocycles. The van der Waals surface area contributed by atoms with Crippen molar-refractivity contribution in [3.05, 3.63) is 62.6 Å². The minimum absolute atomic E-state index is 0.112. The Morgan fingerprint density at radius 1 is 1.19 bits per heavy atom. The van der Waals surface area contributed by atoms with E-state index in [9.17, 15) is 4.79 Å². The maximum Gasteiger partial charge on any atom is 0.260 e. The van der Waals surface area contributed by atoms with Gasteiger partial charge in [-0.3, -0.25) is 4.79 Å². The van der Waals surface area contributed by atoms with Gasteiger partial charge in [0.1, 0.15) is 5.75 Å². The van der Waals surface area contributed by atoms with E-state index >= 15 is 0 Å². The molecule has 1 amide bonds. The summed E-state index contributed by atoms with van der Waals surface area (Å²) in [4.78, 5) is 12.3. The number of rotatable bonds is 8. The molecule has 0 radical (unpaired) electrons. The average molecular weight is 426 g/mol. The van der Waals surface area contributed by atoms with Gasteiger partial charge in [-0.25, -0.2) is 0 Å². The predicted octanol–water partition coefficient (Wildman–Crippen LogP) is 5.74. The summed E-state index contributed by atoms with van der Waals surface area (Å²) in [5.74, 6) is 2.22. The van der Waals surface area contributed by atoms with Crippen molar-refractivity contribution in [2.24, 2.45) is 0 Å². The lowest BCUT2D eigenvalue weighted by Crippen LogP contribution is -2.37. The van der Waals surface area contributed by atoms with Crippen molar-refractivity contribution in [1.29, 1.82) is 0 Å². The van der Waals surface area contributed by atoms with Crippen molar-refractivity contribution in [1.82, 2.24) is 5.32 Å². The number of halogens is 2. The van der Waals surface area contributed by atoms with E-state index in [0.29, 0.717) is 16.6 Å². The Morgan fingerprint density at radius 2 is 1.93 bits per heavy atom. The summed E-state index contributed by atoms with van der Waals surface area (Å²) in [5.41, 5.74) is 4.39. The number of aryl methyl sites for hydroxylation is 2. The molecule has 6 heteroatoms. The largest absolute Gasteiger partial charge is 0.481 e. The van der Waals surface area contributed by atoms with E-state index in [1.165, 1.54) is 0 Å². The van der Waals surface area contributed by atoms with Crippen LogP contribution in [0.4, 0.5) is 0 Å². The molecular weight excluding hydrogens is 401 g/mol. The van der Waals surface area contributed by atoms with Gasteiger partial charge in [0.05, 0.1) is 0 Å². The summed E-state index contributed by atoms with van der Waals surface area (Å²) in [6, 6.07) is 9.58. The first kappa shape index (κ1) is 21.9. The Hall–Kier alpha value is -1.36. The van der Waals surface area contributed by atoms with Gasteiger partial charge in [-0.2, -0.15) is 11.8 Å². The van der Waals surface area contributed by atoms with Crippen molar-refractivity contribution in [2.45, 2.75) is 39.6 Å². The first-order valence-electron chi connectivity index (χ1n) is 8.82. The summed E-state index contributed by atoms with van der Waals surface area (Å²) in [6.07, 6.45) is -0.541. The summed E-state index contributed by atoms with van der Waals surface area (Å²) >= 11 is 13.8. The highest BCUT2D eigenvalue weighted by molar-refractivity contribution is 7.98. The van der Waals surface area contributed by atoms with Crippen molar-refractivity contribution < 1.29 is 9.53 Å². The van der Waals surface area contributed by atoms with Gasteiger partial charge in [0.15, 0.2) is 6.10 Å². The number of thioether (sulfide) groups is 1. The Labute approximate surface area is 175 Å². The number of hydrogen-bond acceptors (Lipinski definition) is 3. The molecule has 1 atom stereocenters. The highest BCUT2D eigenvalue weighted by atomic mass is 35.5. The molecular formula is C21H25Cl2NO2S. The van der Waals surface area contributed by atoms with Gasteiger partial charge in [0.25, 0.3) is 5.91 Å². The molecule has 1 N–H and O–H groups in total. The first-order chi connectivity index (χ1) is 12.8. The quantitative estimate of drug-likeness (QED) is 0.548. The molecule has 0 saturated carbocycles. The van der Waals surface area contributed by atoms with Gasteiger partial charge < -0.3 is 10.1 Å². The zero-order valence-corrected chi connectivity index (χ0v) is 18.4. The number of hydrogen-bond donors (Lipinski definition) is 1. The molecule has 0 bridgehead atoms. The monoisotopic (exact) mass is 425 g/mol. The van der Waals surface area contributed by atoms with Crippen LogP contribution in [-0.2, 0) is 10.5 Å². The van der Waals surface area contributed by atoms with Gasteiger partial charge >= 0.3 is 0 Å². The van der Waals surface area contributed by atoms with E-state index in [4.69, 9.17) is 27.9 Å². The van der Waals surface area contributed by atoms with Crippen LogP contribution in [0.5, 0.6) is 5.75 Å². The number of nitrogens with one attached hydrogen (secondary N) is 1. The van der Waals surface area contributed by atoms with E-state index in [1.807, 2.05) is 39.0 Å². The molecule has 0 saturated heterocycles. The lowest BCUT2D eigenvalue weighted by molar-refractivity contribution is -0.127. The normalized spacial score (nSPS) is 11.9. The van der Waals surface area contributed by atoms with Gasteiger partial charge in [0, 0.05) is 28.1 Å². The molecule has 0 aliphatic rings. The number of ether oxygens (including phenoxy) is 1. The number of carbonyl (C=O) groups is 1. The van der Waals surface area contributed by atoms with E-state index in [1.54, 1.807) is 24.8 Å². The van der Waals surface area contributed by atoms with Crippen molar-refractivity contribution in [3.63, 3.8) is 0 Å². The Bertz CT molecular complexity index is 811. The molecule has 0 heterocycles. The number of amides is 1. The van der Waals surface area contributed by atoms with Crippen LogP contribution >= 0.6 is 35.0 Å². The Morgan fingerprint density at radius 3 is 2.63 bits per heavy atom. The highest BCUT2D eigenvalue weighted by Crippen LogP contribution is 2.25. The topological polar surface area (TPSA) is 38.3 Å². The molecule has 146 valence electrons. The van der Waals surface area contributed by atoms with Crippen LogP contribution in [0.2, 0.25) is 10.0 Å². The lowest BCUT2D eigenvalue weighted by atomic mass is 10.1. The summed E-state index contributed by atoms with van der Waals surface area (Å²) < 4.78 is 5.87. The summed E-state index contributed by atoms with van der Waals surface area (Å²) in [5, 5.41) is 4.23. The standard InChI is InChI=1S/C21H25Cl2NO2S/c1-13-9-14(2)15(3)20(10-13)26-16(4)21(25)24-7-8-27-12-17-5-6-18(22)11-19(17)23/h5-6,9-11,16H,7-8,12H2,1-4H3,(H,24,25)/t16-/m1/s1.